The second-order valence-corrected chi connectivity index (χ2v) is 5.36. The monoisotopic (exact) mass is 258 g/mol. The van der Waals surface area contributed by atoms with Crippen molar-refractivity contribution in [3.05, 3.63) is 24.0 Å². The molecule has 2 heterocycles. The smallest absolute Gasteiger partial charge is 0.163 e. The highest BCUT2D eigenvalue weighted by atomic mass is 15.1. The quantitative estimate of drug-likeness (QED) is 0.881. The Labute approximate surface area is 115 Å². The second-order valence-electron chi connectivity index (χ2n) is 5.36. The Hall–Kier alpha value is -1.60. The highest BCUT2D eigenvalue weighted by Gasteiger charge is 2.13. The summed E-state index contributed by atoms with van der Waals surface area (Å²) in [5.41, 5.74) is 1.32. The maximum atomic E-state index is 8.98. The van der Waals surface area contributed by atoms with Crippen LogP contribution in [0.4, 0.5) is 5.69 Å². The lowest BCUT2D eigenvalue weighted by Crippen LogP contribution is -2.35. The van der Waals surface area contributed by atoms with Gasteiger partial charge in [0.15, 0.2) is 5.69 Å². The number of hydrogen-bond donors (Lipinski definition) is 1. The van der Waals surface area contributed by atoms with E-state index in [1.54, 1.807) is 6.20 Å². The van der Waals surface area contributed by atoms with E-state index in [9.17, 15) is 0 Å². The average molecular weight is 258 g/mol. The number of nitrogens with one attached hydrogen (secondary N) is 1. The van der Waals surface area contributed by atoms with E-state index in [0.29, 0.717) is 11.6 Å². The molecular weight excluding hydrogens is 236 g/mol. The Balaban J connectivity index is 1.79. The van der Waals surface area contributed by atoms with E-state index in [2.05, 4.69) is 28.2 Å². The molecule has 0 radical (unpaired) electrons. The van der Waals surface area contributed by atoms with Crippen LogP contribution in [0.5, 0.6) is 0 Å². The van der Waals surface area contributed by atoms with Crippen molar-refractivity contribution in [2.75, 3.05) is 31.5 Å². The Kier molecular flexibility index (Phi) is 5.17. The molecule has 4 nitrogen and oxygen atoms in total. The molecule has 0 aliphatic carbocycles. The predicted octanol–water partition coefficient (Wildman–Crippen LogP) is 2.49. The summed E-state index contributed by atoms with van der Waals surface area (Å²) in [5.74, 6) is 0.574. The van der Waals surface area contributed by atoms with Crippen molar-refractivity contribution in [1.82, 2.24) is 9.88 Å². The molecule has 1 unspecified atom stereocenters. The number of rotatable bonds is 5. The van der Waals surface area contributed by atoms with Gasteiger partial charge in [-0.05, 0) is 44.0 Å². The van der Waals surface area contributed by atoms with Gasteiger partial charge in [0.1, 0.15) is 6.07 Å². The molecule has 1 aliphatic rings. The molecule has 1 atom stereocenters. The fourth-order valence-electron chi connectivity index (χ4n) is 2.57. The number of likely N-dealkylation sites (tertiary alicyclic amines) is 1. The largest absolute Gasteiger partial charge is 0.382 e. The van der Waals surface area contributed by atoms with Crippen LogP contribution in [0.3, 0.4) is 0 Å². The van der Waals surface area contributed by atoms with E-state index in [1.165, 1.54) is 32.4 Å². The van der Waals surface area contributed by atoms with Crippen LogP contribution in [0.15, 0.2) is 18.3 Å². The summed E-state index contributed by atoms with van der Waals surface area (Å²) in [6.45, 7) is 6.75. The van der Waals surface area contributed by atoms with Crippen LogP contribution in [0.2, 0.25) is 0 Å². The second kappa shape index (κ2) is 7.10. The molecule has 0 amide bonds. The number of hydrogen-bond acceptors (Lipinski definition) is 4. The Morgan fingerprint density at radius 3 is 2.95 bits per heavy atom. The van der Waals surface area contributed by atoms with Crippen LogP contribution < -0.4 is 5.32 Å². The molecule has 1 N–H and O–H groups in total. The lowest BCUT2D eigenvalue weighted by molar-refractivity contribution is 0.204. The maximum Gasteiger partial charge on any atom is 0.163 e. The van der Waals surface area contributed by atoms with Gasteiger partial charge >= 0.3 is 0 Å². The van der Waals surface area contributed by atoms with Crippen molar-refractivity contribution in [2.24, 2.45) is 5.92 Å². The molecule has 0 aromatic carbocycles. The summed E-state index contributed by atoms with van der Waals surface area (Å²) in [6.07, 6.45) is 5.70. The van der Waals surface area contributed by atoms with Crippen LogP contribution in [0.25, 0.3) is 0 Å². The van der Waals surface area contributed by atoms with Crippen molar-refractivity contribution in [2.45, 2.75) is 26.2 Å². The normalized spacial score (nSPS) is 17.7. The van der Waals surface area contributed by atoms with Gasteiger partial charge in [-0.3, -0.25) is 0 Å². The van der Waals surface area contributed by atoms with Gasteiger partial charge in [-0.2, -0.15) is 5.26 Å². The fourth-order valence-corrected chi connectivity index (χ4v) is 2.57. The summed E-state index contributed by atoms with van der Waals surface area (Å²) in [6, 6.07) is 5.89. The lowest BCUT2D eigenvalue weighted by Gasteiger charge is -2.29. The van der Waals surface area contributed by atoms with Crippen molar-refractivity contribution < 1.29 is 0 Å². The van der Waals surface area contributed by atoms with Crippen LogP contribution >= 0.6 is 0 Å². The zero-order chi connectivity index (χ0) is 13.5. The van der Waals surface area contributed by atoms with E-state index in [0.717, 1.165) is 18.8 Å². The highest BCUT2D eigenvalue weighted by molar-refractivity contribution is 5.53. The lowest BCUT2D eigenvalue weighted by atomic mass is 10.1. The van der Waals surface area contributed by atoms with Crippen LogP contribution in [-0.2, 0) is 0 Å². The Bertz CT molecular complexity index is 432. The molecule has 4 heteroatoms. The summed E-state index contributed by atoms with van der Waals surface area (Å²) in [5, 5.41) is 12.3. The first-order chi connectivity index (χ1) is 9.29. The molecule has 1 saturated heterocycles. The van der Waals surface area contributed by atoms with E-state index < -0.39 is 0 Å². The standard InChI is InChI=1S/C15H22N4/c1-13(12-19-8-3-2-4-9-19)11-18-14-6-5-7-17-15(14)10-16/h5-7,13,18H,2-4,8-9,11-12H2,1H3. The minimum Gasteiger partial charge on any atom is -0.382 e. The van der Waals surface area contributed by atoms with Gasteiger partial charge < -0.3 is 10.2 Å². The molecule has 1 aromatic rings. The predicted molar refractivity (Wildman–Crippen MR) is 76.9 cm³/mol. The minimum atomic E-state index is 0.479. The molecule has 2 rings (SSSR count). The SMILES string of the molecule is CC(CNc1cccnc1C#N)CN1CCCCC1. The van der Waals surface area contributed by atoms with E-state index in [-0.39, 0.29) is 0 Å². The number of pyridine rings is 1. The number of anilines is 1. The van der Waals surface area contributed by atoms with Crippen LogP contribution in [-0.4, -0.2) is 36.1 Å². The molecule has 1 aliphatic heterocycles. The van der Waals surface area contributed by atoms with Crippen molar-refractivity contribution >= 4 is 5.69 Å². The highest BCUT2D eigenvalue weighted by Crippen LogP contribution is 2.14. The third-order valence-electron chi connectivity index (χ3n) is 3.57. The maximum absolute atomic E-state index is 8.98. The van der Waals surface area contributed by atoms with E-state index in [1.807, 2.05) is 12.1 Å². The zero-order valence-corrected chi connectivity index (χ0v) is 11.6. The van der Waals surface area contributed by atoms with Crippen molar-refractivity contribution in [3.63, 3.8) is 0 Å². The van der Waals surface area contributed by atoms with Gasteiger partial charge in [-0.1, -0.05) is 13.3 Å². The molecule has 1 fully saturated rings. The van der Waals surface area contributed by atoms with E-state index >= 15 is 0 Å². The molecule has 0 bridgehead atoms. The number of piperidine rings is 1. The Morgan fingerprint density at radius 1 is 1.42 bits per heavy atom. The Morgan fingerprint density at radius 2 is 2.21 bits per heavy atom. The third-order valence-corrected chi connectivity index (χ3v) is 3.57. The molecule has 0 saturated carbocycles. The minimum absolute atomic E-state index is 0.479. The number of nitriles is 1. The van der Waals surface area contributed by atoms with Gasteiger partial charge in [-0.25, -0.2) is 4.98 Å². The zero-order valence-electron chi connectivity index (χ0n) is 11.6. The topological polar surface area (TPSA) is 52.0 Å². The summed E-state index contributed by atoms with van der Waals surface area (Å²) in [7, 11) is 0. The molecule has 102 valence electrons. The number of aromatic nitrogens is 1. The van der Waals surface area contributed by atoms with Gasteiger partial charge in [0.25, 0.3) is 0 Å². The fraction of sp³-hybridized carbons (Fsp3) is 0.600. The first kappa shape index (κ1) is 13.8. The first-order valence-electron chi connectivity index (χ1n) is 7.11. The number of nitrogens with zero attached hydrogens (tertiary/aromatic N) is 3. The van der Waals surface area contributed by atoms with Gasteiger partial charge in [0.2, 0.25) is 0 Å². The van der Waals surface area contributed by atoms with Gasteiger partial charge in [0.05, 0.1) is 5.69 Å². The molecule has 1 aromatic heterocycles. The average Bonchev–Trinajstić information content (AvgIpc) is 2.46. The van der Waals surface area contributed by atoms with Crippen molar-refractivity contribution in [3.8, 4) is 6.07 Å². The molecule has 19 heavy (non-hydrogen) atoms. The van der Waals surface area contributed by atoms with Crippen LogP contribution in [0, 0.1) is 17.2 Å². The van der Waals surface area contributed by atoms with Crippen LogP contribution in [0.1, 0.15) is 31.9 Å². The van der Waals surface area contributed by atoms with Gasteiger partial charge in [0, 0.05) is 19.3 Å². The summed E-state index contributed by atoms with van der Waals surface area (Å²) >= 11 is 0. The first-order valence-corrected chi connectivity index (χ1v) is 7.11. The van der Waals surface area contributed by atoms with E-state index in [4.69, 9.17) is 5.26 Å². The van der Waals surface area contributed by atoms with Crippen molar-refractivity contribution in [1.29, 1.82) is 5.26 Å². The molecule has 0 spiro atoms. The summed E-state index contributed by atoms with van der Waals surface area (Å²) < 4.78 is 0. The van der Waals surface area contributed by atoms with Gasteiger partial charge in [-0.15, -0.1) is 0 Å². The summed E-state index contributed by atoms with van der Waals surface area (Å²) in [4.78, 5) is 6.60. The third kappa shape index (κ3) is 4.22. The molecular formula is C15H22N4.